The first-order valence-corrected chi connectivity index (χ1v) is 7.18. The number of sulfonamides is 1. The molecule has 2 rings (SSSR count). The van der Waals surface area contributed by atoms with Gasteiger partial charge in [0, 0.05) is 18.4 Å². The van der Waals surface area contributed by atoms with Crippen molar-refractivity contribution in [3.63, 3.8) is 0 Å². The molecule has 1 atom stereocenters. The maximum atomic E-state index is 12.1. The van der Waals surface area contributed by atoms with Crippen LogP contribution in [0.3, 0.4) is 0 Å². The minimum absolute atomic E-state index is 0.0271. The summed E-state index contributed by atoms with van der Waals surface area (Å²) in [7, 11) is -3.61. The van der Waals surface area contributed by atoms with Crippen molar-refractivity contribution >= 4 is 10.0 Å². The molecule has 0 aliphatic heterocycles. The molecular formula is C13H14N2O3S. The van der Waals surface area contributed by atoms with Gasteiger partial charge in [0.1, 0.15) is 5.75 Å². The van der Waals surface area contributed by atoms with Crippen LogP contribution >= 0.6 is 0 Å². The fourth-order valence-corrected chi connectivity index (χ4v) is 2.86. The van der Waals surface area contributed by atoms with Crippen molar-refractivity contribution in [1.29, 1.82) is 0 Å². The molecule has 6 heteroatoms. The van der Waals surface area contributed by atoms with Gasteiger partial charge in [0.25, 0.3) is 0 Å². The molecule has 2 N–H and O–H groups in total. The first-order valence-electron chi connectivity index (χ1n) is 5.70. The Balaban J connectivity index is 2.20. The SMILES string of the molecule is CC(NS(=O)(=O)c1ccc(O)cc1)c1cccnc1. The van der Waals surface area contributed by atoms with Crippen LogP contribution in [0.25, 0.3) is 0 Å². The number of pyridine rings is 1. The molecule has 100 valence electrons. The number of phenolic OH excluding ortho intramolecular Hbond substituents is 1. The van der Waals surface area contributed by atoms with E-state index >= 15 is 0 Å². The summed E-state index contributed by atoms with van der Waals surface area (Å²) in [5.41, 5.74) is 0.782. The average Bonchev–Trinajstić information content (AvgIpc) is 2.40. The molecule has 0 amide bonds. The number of nitrogens with zero attached hydrogens (tertiary/aromatic N) is 1. The minimum atomic E-state index is -3.61. The molecule has 1 unspecified atom stereocenters. The summed E-state index contributed by atoms with van der Waals surface area (Å²) in [5.74, 6) is 0.0271. The second kappa shape index (κ2) is 5.38. The van der Waals surface area contributed by atoms with Crippen molar-refractivity contribution in [3.05, 3.63) is 54.4 Å². The van der Waals surface area contributed by atoms with E-state index in [1.165, 1.54) is 24.3 Å². The molecule has 5 nitrogen and oxygen atoms in total. The van der Waals surface area contributed by atoms with Crippen LogP contribution in [-0.2, 0) is 10.0 Å². The standard InChI is InChI=1S/C13H14N2O3S/c1-10(11-3-2-8-14-9-11)15-19(17,18)13-6-4-12(16)5-7-13/h2-10,15-16H,1H3. The van der Waals surface area contributed by atoms with E-state index in [4.69, 9.17) is 5.11 Å². The fourth-order valence-electron chi connectivity index (χ4n) is 1.63. The van der Waals surface area contributed by atoms with Crippen molar-refractivity contribution < 1.29 is 13.5 Å². The normalized spacial score (nSPS) is 13.1. The molecule has 2 aromatic rings. The van der Waals surface area contributed by atoms with Gasteiger partial charge >= 0.3 is 0 Å². The van der Waals surface area contributed by atoms with Crippen LogP contribution in [0.2, 0.25) is 0 Å². The maximum absolute atomic E-state index is 12.1. The lowest BCUT2D eigenvalue weighted by molar-refractivity contribution is 0.474. The van der Waals surface area contributed by atoms with Gasteiger partial charge in [-0.1, -0.05) is 6.07 Å². The Kier molecular flexibility index (Phi) is 3.82. The number of phenols is 1. The molecule has 0 fully saturated rings. The van der Waals surface area contributed by atoms with E-state index in [0.717, 1.165) is 5.56 Å². The van der Waals surface area contributed by atoms with E-state index in [0.29, 0.717) is 0 Å². The predicted octanol–water partition coefficient (Wildman–Crippen LogP) is 1.83. The zero-order valence-electron chi connectivity index (χ0n) is 10.3. The summed E-state index contributed by atoms with van der Waals surface area (Å²) in [6.07, 6.45) is 3.24. The Hall–Kier alpha value is -1.92. The molecule has 0 aliphatic carbocycles. The van der Waals surface area contributed by atoms with Crippen LogP contribution in [0.5, 0.6) is 5.75 Å². The molecule has 0 radical (unpaired) electrons. The highest BCUT2D eigenvalue weighted by molar-refractivity contribution is 7.89. The van der Waals surface area contributed by atoms with Gasteiger partial charge in [0.05, 0.1) is 4.90 Å². The molecule has 1 aromatic heterocycles. The quantitative estimate of drug-likeness (QED) is 0.894. The Morgan fingerprint density at radius 3 is 2.47 bits per heavy atom. The number of rotatable bonds is 4. The smallest absolute Gasteiger partial charge is 0.241 e. The van der Waals surface area contributed by atoms with Gasteiger partial charge in [-0.3, -0.25) is 4.98 Å². The number of hydrogen-bond donors (Lipinski definition) is 2. The number of benzene rings is 1. The Morgan fingerprint density at radius 1 is 1.21 bits per heavy atom. The summed E-state index contributed by atoms with van der Waals surface area (Å²) >= 11 is 0. The zero-order valence-corrected chi connectivity index (χ0v) is 11.1. The van der Waals surface area contributed by atoms with Crippen molar-refractivity contribution in [2.45, 2.75) is 17.9 Å². The highest BCUT2D eigenvalue weighted by Crippen LogP contribution is 2.18. The zero-order chi connectivity index (χ0) is 13.9. The lowest BCUT2D eigenvalue weighted by Crippen LogP contribution is -2.26. The summed E-state index contributed by atoms with van der Waals surface area (Å²) in [6, 6.07) is 8.55. The van der Waals surface area contributed by atoms with Gasteiger partial charge in [-0.2, -0.15) is 0 Å². The van der Waals surface area contributed by atoms with Crippen molar-refractivity contribution in [1.82, 2.24) is 9.71 Å². The van der Waals surface area contributed by atoms with Crippen LogP contribution in [0.1, 0.15) is 18.5 Å². The molecule has 0 aliphatic rings. The Labute approximate surface area is 112 Å². The lowest BCUT2D eigenvalue weighted by Gasteiger charge is -2.14. The second-order valence-corrected chi connectivity index (χ2v) is 5.84. The van der Waals surface area contributed by atoms with Gasteiger partial charge in [-0.15, -0.1) is 0 Å². The monoisotopic (exact) mass is 278 g/mol. The third-order valence-electron chi connectivity index (χ3n) is 2.66. The van der Waals surface area contributed by atoms with Crippen LogP contribution in [0.15, 0.2) is 53.7 Å². The van der Waals surface area contributed by atoms with Gasteiger partial charge in [-0.25, -0.2) is 13.1 Å². The number of hydrogen-bond acceptors (Lipinski definition) is 4. The maximum Gasteiger partial charge on any atom is 0.241 e. The lowest BCUT2D eigenvalue weighted by atomic mass is 10.2. The average molecular weight is 278 g/mol. The second-order valence-electron chi connectivity index (χ2n) is 4.12. The van der Waals surface area contributed by atoms with E-state index in [2.05, 4.69) is 9.71 Å². The number of nitrogens with one attached hydrogen (secondary N) is 1. The van der Waals surface area contributed by atoms with E-state index in [1.807, 2.05) is 0 Å². The van der Waals surface area contributed by atoms with Gasteiger partial charge < -0.3 is 5.11 Å². The molecule has 0 spiro atoms. The topological polar surface area (TPSA) is 79.3 Å². The molecule has 0 saturated heterocycles. The fraction of sp³-hybridized carbons (Fsp3) is 0.154. The van der Waals surface area contributed by atoms with Crippen LogP contribution < -0.4 is 4.72 Å². The first-order chi connectivity index (χ1) is 8.99. The predicted molar refractivity (Wildman–Crippen MR) is 71.1 cm³/mol. The van der Waals surface area contributed by atoms with Crippen LogP contribution in [0.4, 0.5) is 0 Å². The van der Waals surface area contributed by atoms with Gasteiger partial charge in [-0.05, 0) is 42.8 Å². The Bertz CT molecular complexity index is 639. The third-order valence-corrected chi connectivity index (χ3v) is 4.22. The van der Waals surface area contributed by atoms with E-state index in [-0.39, 0.29) is 16.7 Å². The van der Waals surface area contributed by atoms with E-state index in [9.17, 15) is 8.42 Å². The van der Waals surface area contributed by atoms with Crippen molar-refractivity contribution in [2.24, 2.45) is 0 Å². The van der Waals surface area contributed by atoms with E-state index < -0.39 is 10.0 Å². The summed E-state index contributed by atoms with van der Waals surface area (Å²) in [6.45, 7) is 1.75. The van der Waals surface area contributed by atoms with Crippen LogP contribution in [-0.4, -0.2) is 18.5 Å². The van der Waals surface area contributed by atoms with Crippen molar-refractivity contribution in [3.8, 4) is 5.75 Å². The minimum Gasteiger partial charge on any atom is -0.508 e. The summed E-state index contributed by atoms with van der Waals surface area (Å²) in [4.78, 5) is 4.06. The largest absolute Gasteiger partial charge is 0.508 e. The van der Waals surface area contributed by atoms with Crippen molar-refractivity contribution in [2.75, 3.05) is 0 Å². The van der Waals surface area contributed by atoms with E-state index in [1.54, 1.807) is 31.5 Å². The number of aromatic nitrogens is 1. The van der Waals surface area contributed by atoms with Gasteiger partial charge in [0.2, 0.25) is 10.0 Å². The van der Waals surface area contributed by atoms with Gasteiger partial charge in [0.15, 0.2) is 0 Å². The van der Waals surface area contributed by atoms with Crippen LogP contribution in [0, 0.1) is 0 Å². The molecule has 0 saturated carbocycles. The highest BCUT2D eigenvalue weighted by Gasteiger charge is 2.18. The molecular weight excluding hydrogens is 264 g/mol. The summed E-state index contributed by atoms with van der Waals surface area (Å²) in [5, 5.41) is 9.16. The molecule has 19 heavy (non-hydrogen) atoms. The highest BCUT2D eigenvalue weighted by atomic mass is 32.2. The molecule has 1 aromatic carbocycles. The molecule has 1 heterocycles. The summed E-state index contributed by atoms with van der Waals surface area (Å²) < 4.78 is 26.8. The third kappa shape index (κ3) is 3.30. The Morgan fingerprint density at radius 2 is 1.89 bits per heavy atom. The number of aromatic hydroxyl groups is 1. The first kappa shape index (κ1) is 13.5. The molecule has 0 bridgehead atoms.